The van der Waals surface area contributed by atoms with Crippen LogP contribution in [0.5, 0.6) is 0 Å². The van der Waals surface area contributed by atoms with E-state index in [0.29, 0.717) is 11.1 Å². The minimum Gasteiger partial charge on any atom is -0.437 e. The normalized spacial score (nSPS) is 21.4. The monoisotopic (exact) mass is 368 g/mol. The summed E-state index contributed by atoms with van der Waals surface area (Å²) in [5.41, 5.74) is 2.13. The molecule has 0 amide bonds. The van der Waals surface area contributed by atoms with Gasteiger partial charge in [0.25, 0.3) is 0 Å². The number of Topliss-reactive ketones (excluding diaryl/α,β-unsaturated/α-hetero) is 1. The lowest BCUT2D eigenvalue weighted by molar-refractivity contribution is 0.00820. The number of unbranched alkanes of at least 4 members (excludes halogenated alkanes) is 2. The van der Waals surface area contributed by atoms with Crippen molar-refractivity contribution in [2.45, 2.75) is 31.8 Å². The van der Waals surface area contributed by atoms with Gasteiger partial charge in [-0.25, -0.2) is 4.79 Å². The maximum absolute atomic E-state index is 13.7. The van der Waals surface area contributed by atoms with E-state index in [4.69, 9.17) is 4.74 Å². The van der Waals surface area contributed by atoms with E-state index in [0.717, 1.165) is 46.7 Å². The topological polar surface area (TPSA) is 43.4 Å². The van der Waals surface area contributed by atoms with E-state index in [-0.39, 0.29) is 5.78 Å². The zero-order chi connectivity index (χ0) is 19.3. The molecule has 1 atom stereocenters. The van der Waals surface area contributed by atoms with Crippen LogP contribution in [-0.2, 0) is 10.3 Å². The second kappa shape index (κ2) is 6.16. The number of esters is 1. The Morgan fingerprint density at radius 2 is 1.61 bits per heavy atom. The summed E-state index contributed by atoms with van der Waals surface area (Å²) in [4.78, 5) is 26.7. The van der Waals surface area contributed by atoms with Crippen molar-refractivity contribution < 1.29 is 14.3 Å². The Balaban J connectivity index is 1.84. The molecule has 3 heteroatoms. The number of ketones is 1. The van der Waals surface area contributed by atoms with E-state index in [1.165, 1.54) is 0 Å². The first-order valence-electron chi connectivity index (χ1n) is 9.79. The average Bonchev–Trinajstić information content (AvgIpc) is 2.96. The fourth-order valence-electron chi connectivity index (χ4n) is 4.54. The maximum atomic E-state index is 13.7. The van der Waals surface area contributed by atoms with Gasteiger partial charge in [-0.1, -0.05) is 80.4 Å². The van der Waals surface area contributed by atoms with E-state index in [1.54, 1.807) is 6.07 Å². The van der Waals surface area contributed by atoms with Gasteiger partial charge in [-0.05, 0) is 23.4 Å². The quantitative estimate of drug-likeness (QED) is 0.441. The van der Waals surface area contributed by atoms with Crippen molar-refractivity contribution in [1.82, 2.24) is 0 Å². The highest BCUT2D eigenvalue weighted by atomic mass is 16.6. The van der Waals surface area contributed by atoms with Gasteiger partial charge in [0.1, 0.15) is 0 Å². The second-order valence-electron chi connectivity index (χ2n) is 7.41. The molecule has 1 heterocycles. The molecule has 3 aromatic carbocycles. The fourth-order valence-corrected chi connectivity index (χ4v) is 4.54. The zero-order valence-electron chi connectivity index (χ0n) is 15.7. The minimum atomic E-state index is -1.39. The Morgan fingerprint density at radius 1 is 0.893 bits per heavy atom. The number of fused-ring (bicyclic) bond motifs is 2. The summed E-state index contributed by atoms with van der Waals surface area (Å²) in [6, 6.07) is 19.0. The van der Waals surface area contributed by atoms with E-state index in [1.807, 2.05) is 54.6 Å². The summed E-state index contributed by atoms with van der Waals surface area (Å²) < 4.78 is 6.03. The molecular formula is C25H20O3. The van der Waals surface area contributed by atoms with Crippen LogP contribution in [-0.4, -0.2) is 11.8 Å². The number of rotatable bonds is 3. The van der Waals surface area contributed by atoms with E-state index < -0.39 is 11.6 Å². The van der Waals surface area contributed by atoms with Crippen LogP contribution >= 0.6 is 0 Å². The third-order valence-electron chi connectivity index (χ3n) is 5.82. The summed E-state index contributed by atoms with van der Waals surface area (Å²) in [7, 11) is 0. The van der Waals surface area contributed by atoms with Crippen LogP contribution < -0.4 is 0 Å². The SMILES string of the molecule is CCCC/C=C1\c2ccccc2C(=O)O[C@@]12C(=O)c1cccc3cccc2c13. The lowest BCUT2D eigenvalue weighted by Gasteiger charge is -2.36. The van der Waals surface area contributed by atoms with Gasteiger partial charge in [-0.2, -0.15) is 0 Å². The summed E-state index contributed by atoms with van der Waals surface area (Å²) in [6.45, 7) is 2.14. The predicted molar refractivity (Wildman–Crippen MR) is 109 cm³/mol. The van der Waals surface area contributed by atoms with Crippen LogP contribution in [0.3, 0.4) is 0 Å². The molecular weight excluding hydrogens is 348 g/mol. The van der Waals surface area contributed by atoms with Gasteiger partial charge in [-0.15, -0.1) is 0 Å². The van der Waals surface area contributed by atoms with Gasteiger partial charge in [0, 0.05) is 22.1 Å². The molecule has 1 spiro atoms. The van der Waals surface area contributed by atoms with Crippen LogP contribution in [0, 0.1) is 0 Å². The number of carbonyl (C=O) groups excluding carboxylic acids is 2. The Labute approximate surface area is 163 Å². The van der Waals surface area contributed by atoms with Crippen LogP contribution in [0.4, 0.5) is 0 Å². The average molecular weight is 368 g/mol. The number of hydrogen-bond acceptors (Lipinski definition) is 3. The highest BCUT2D eigenvalue weighted by Crippen LogP contribution is 2.53. The van der Waals surface area contributed by atoms with Crippen molar-refractivity contribution in [3.8, 4) is 0 Å². The molecule has 0 fully saturated rings. The highest BCUT2D eigenvalue weighted by Gasteiger charge is 2.56. The molecule has 5 rings (SSSR count). The molecule has 0 radical (unpaired) electrons. The van der Waals surface area contributed by atoms with E-state index in [9.17, 15) is 9.59 Å². The van der Waals surface area contributed by atoms with Crippen molar-refractivity contribution >= 4 is 28.1 Å². The van der Waals surface area contributed by atoms with Gasteiger partial charge >= 0.3 is 5.97 Å². The van der Waals surface area contributed by atoms with Crippen molar-refractivity contribution in [3.05, 3.63) is 89.0 Å². The predicted octanol–water partition coefficient (Wildman–Crippen LogP) is 5.68. The zero-order valence-corrected chi connectivity index (χ0v) is 15.7. The Morgan fingerprint density at radius 3 is 2.39 bits per heavy atom. The lowest BCUT2D eigenvalue weighted by Crippen LogP contribution is -2.42. The molecule has 0 saturated heterocycles. The Bertz CT molecular complexity index is 1170. The first-order chi connectivity index (χ1) is 13.7. The molecule has 3 aromatic rings. The van der Waals surface area contributed by atoms with Crippen molar-refractivity contribution in [2.24, 2.45) is 0 Å². The van der Waals surface area contributed by atoms with Crippen LogP contribution in [0.15, 0.2) is 66.7 Å². The third kappa shape index (κ3) is 2.10. The summed E-state index contributed by atoms with van der Waals surface area (Å²) in [6.07, 6.45) is 5.00. The first kappa shape index (κ1) is 16.9. The Kier molecular flexibility index (Phi) is 3.73. The maximum Gasteiger partial charge on any atom is 0.340 e. The second-order valence-corrected chi connectivity index (χ2v) is 7.41. The number of hydrogen-bond donors (Lipinski definition) is 0. The van der Waals surface area contributed by atoms with Gasteiger partial charge in [-0.3, -0.25) is 4.79 Å². The first-order valence-corrected chi connectivity index (χ1v) is 9.79. The molecule has 138 valence electrons. The molecule has 0 N–H and O–H groups in total. The highest BCUT2D eigenvalue weighted by molar-refractivity contribution is 6.26. The minimum absolute atomic E-state index is 0.148. The van der Waals surface area contributed by atoms with Gasteiger partial charge in [0.15, 0.2) is 0 Å². The molecule has 3 nitrogen and oxygen atoms in total. The molecule has 2 aliphatic rings. The molecule has 0 saturated carbocycles. The smallest absolute Gasteiger partial charge is 0.340 e. The molecule has 28 heavy (non-hydrogen) atoms. The molecule has 0 bridgehead atoms. The molecule has 1 aliphatic carbocycles. The third-order valence-corrected chi connectivity index (χ3v) is 5.82. The number of allylic oxidation sites excluding steroid dienone is 1. The number of carbonyl (C=O) groups is 2. The van der Waals surface area contributed by atoms with Crippen molar-refractivity contribution in [3.63, 3.8) is 0 Å². The largest absolute Gasteiger partial charge is 0.437 e. The number of ether oxygens (including phenoxy) is 1. The van der Waals surface area contributed by atoms with Gasteiger partial charge in [0.2, 0.25) is 11.4 Å². The standard InChI is InChI=1S/C25H20O3/c1-2-3-4-14-20-17-11-5-6-12-18(17)24(27)28-25(20)21-15-8-10-16-9-7-13-19(22(16)21)23(25)26/h5-15H,2-4H2,1H3/b20-14+/t25-/m0/s1. The van der Waals surface area contributed by atoms with Crippen molar-refractivity contribution in [1.29, 1.82) is 0 Å². The molecule has 0 aromatic heterocycles. The van der Waals surface area contributed by atoms with Crippen LogP contribution in [0.1, 0.15) is 58.0 Å². The van der Waals surface area contributed by atoms with E-state index >= 15 is 0 Å². The van der Waals surface area contributed by atoms with Crippen molar-refractivity contribution in [2.75, 3.05) is 0 Å². The fraction of sp³-hybridized carbons (Fsp3) is 0.200. The molecule has 0 unspecified atom stereocenters. The summed E-state index contributed by atoms with van der Waals surface area (Å²) >= 11 is 0. The van der Waals surface area contributed by atoms with E-state index in [2.05, 4.69) is 13.0 Å². The number of benzene rings is 3. The van der Waals surface area contributed by atoms with Gasteiger partial charge < -0.3 is 4.74 Å². The lowest BCUT2D eigenvalue weighted by atomic mass is 9.77. The summed E-state index contributed by atoms with van der Waals surface area (Å²) in [5.74, 6) is -0.591. The molecule has 1 aliphatic heterocycles. The van der Waals surface area contributed by atoms with Gasteiger partial charge in [0.05, 0.1) is 5.56 Å². The van der Waals surface area contributed by atoms with Crippen LogP contribution in [0.25, 0.3) is 16.3 Å². The van der Waals surface area contributed by atoms with Crippen LogP contribution in [0.2, 0.25) is 0 Å². The Hall–Kier alpha value is -3.20. The summed E-state index contributed by atoms with van der Waals surface area (Å²) in [5, 5.41) is 1.88.